The largest absolute Gasteiger partial charge is 0.378 e. The van der Waals surface area contributed by atoms with Crippen LogP contribution >= 0.6 is 0 Å². The molecule has 0 heterocycles. The number of rotatable bonds is 14. The van der Waals surface area contributed by atoms with Gasteiger partial charge in [0.15, 0.2) is 0 Å². The number of ether oxygens (including phenoxy) is 1. The number of hydrogen-bond acceptors (Lipinski definition) is 4. The van der Waals surface area contributed by atoms with Gasteiger partial charge in [-0.2, -0.15) is 12.7 Å². The maximum absolute atomic E-state index is 12.6. The molecule has 6 nitrogen and oxygen atoms in total. The molecule has 0 unspecified atom stereocenters. The number of nitrogens with zero attached hydrogens (tertiary/aromatic N) is 2. The molecule has 1 saturated carbocycles. The fourth-order valence-corrected chi connectivity index (χ4v) is 5.08. The summed E-state index contributed by atoms with van der Waals surface area (Å²) in [5, 5.41) is 0. The molecule has 0 saturated heterocycles. The summed E-state index contributed by atoms with van der Waals surface area (Å²) in [5.41, 5.74) is 0.591. The van der Waals surface area contributed by atoms with Gasteiger partial charge in [-0.05, 0) is 64.3 Å². The van der Waals surface area contributed by atoms with Crippen LogP contribution in [0.2, 0.25) is 0 Å². The second kappa shape index (κ2) is 13.1. The summed E-state index contributed by atoms with van der Waals surface area (Å²) in [6, 6.07) is 9.05. The van der Waals surface area contributed by atoms with Crippen LogP contribution in [0, 0.1) is 0 Å². The molecule has 1 fully saturated rings. The van der Waals surface area contributed by atoms with Crippen molar-refractivity contribution < 1.29 is 13.2 Å². The molecule has 0 atom stereocenters. The molecule has 30 heavy (non-hydrogen) atoms. The van der Waals surface area contributed by atoms with Gasteiger partial charge in [0, 0.05) is 31.9 Å². The van der Waals surface area contributed by atoms with Crippen molar-refractivity contribution in [2.45, 2.75) is 63.5 Å². The predicted molar refractivity (Wildman–Crippen MR) is 125 cm³/mol. The molecule has 170 valence electrons. The summed E-state index contributed by atoms with van der Waals surface area (Å²) in [5.74, 6) is 0. The minimum Gasteiger partial charge on any atom is -0.378 e. The van der Waals surface area contributed by atoms with Crippen LogP contribution in [0.25, 0.3) is 0 Å². The molecule has 1 aromatic rings. The zero-order chi connectivity index (χ0) is 21.8. The number of anilines is 1. The molecule has 7 heteroatoms. The van der Waals surface area contributed by atoms with Crippen LogP contribution in [0.4, 0.5) is 5.69 Å². The molecule has 1 aliphatic rings. The van der Waals surface area contributed by atoms with Crippen molar-refractivity contribution in [1.29, 1.82) is 0 Å². The van der Waals surface area contributed by atoms with Crippen molar-refractivity contribution in [1.82, 2.24) is 9.21 Å². The standard InChI is InChI=1S/C23H39N3O3S/c1-4-18-25(2)19-10-5-6-11-20-29-23-16-14-22(15-17-23)26(3)30(27,28)24-21-12-8-7-9-13-21/h4,7-9,12-13,22-24H,1,5-6,10-11,14-20H2,2-3H3. The highest BCUT2D eigenvalue weighted by atomic mass is 32.2. The fourth-order valence-electron chi connectivity index (χ4n) is 3.90. The van der Waals surface area contributed by atoms with Crippen molar-refractivity contribution in [2.24, 2.45) is 0 Å². The average Bonchev–Trinajstić information content (AvgIpc) is 2.73. The second-order valence-electron chi connectivity index (χ2n) is 8.26. The zero-order valence-electron chi connectivity index (χ0n) is 18.6. The van der Waals surface area contributed by atoms with Crippen LogP contribution in [0.3, 0.4) is 0 Å². The molecule has 1 aliphatic carbocycles. The van der Waals surface area contributed by atoms with Crippen molar-refractivity contribution >= 4 is 15.9 Å². The molecule has 1 N–H and O–H groups in total. The third-order valence-corrected chi connectivity index (χ3v) is 7.34. The van der Waals surface area contributed by atoms with E-state index in [9.17, 15) is 8.42 Å². The van der Waals surface area contributed by atoms with E-state index in [-0.39, 0.29) is 12.1 Å². The maximum Gasteiger partial charge on any atom is 0.301 e. The smallest absolute Gasteiger partial charge is 0.301 e. The van der Waals surface area contributed by atoms with Gasteiger partial charge in [0.1, 0.15) is 0 Å². The lowest BCUT2D eigenvalue weighted by Gasteiger charge is -2.34. The first-order valence-corrected chi connectivity index (χ1v) is 12.6. The van der Waals surface area contributed by atoms with Crippen LogP contribution in [0.15, 0.2) is 43.0 Å². The number of likely N-dealkylation sites (N-methyl/N-ethyl adjacent to an activating group) is 1. The Kier molecular flexibility index (Phi) is 10.9. The monoisotopic (exact) mass is 437 g/mol. The van der Waals surface area contributed by atoms with E-state index in [0.29, 0.717) is 5.69 Å². The van der Waals surface area contributed by atoms with Gasteiger partial charge >= 0.3 is 10.2 Å². The third kappa shape index (κ3) is 8.76. The SMILES string of the molecule is C=CCN(C)CCCCCCOC1CCC(N(C)S(=O)(=O)Nc2ccccc2)CC1. The van der Waals surface area contributed by atoms with Crippen molar-refractivity contribution in [3.63, 3.8) is 0 Å². The van der Waals surface area contributed by atoms with E-state index in [0.717, 1.165) is 51.8 Å². The molecule has 0 amide bonds. The molecule has 0 spiro atoms. The lowest BCUT2D eigenvalue weighted by Crippen LogP contribution is -2.43. The Morgan fingerprint density at radius 2 is 1.73 bits per heavy atom. The van der Waals surface area contributed by atoms with E-state index in [1.165, 1.54) is 23.6 Å². The van der Waals surface area contributed by atoms with Crippen LogP contribution in [0.5, 0.6) is 0 Å². The topological polar surface area (TPSA) is 61.9 Å². The first-order chi connectivity index (χ1) is 14.4. The van der Waals surface area contributed by atoms with Crippen LogP contribution in [-0.4, -0.2) is 63.6 Å². The Morgan fingerprint density at radius 1 is 1.07 bits per heavy atom. The van der Waals surface area contributed by atoms with E-state index in [4.69, 9.17) is 4.74 Å². The molecular weight excluding hydrogens is 398 g/mol. The minimum atomic E-state index is -3.54. The average molecular weight is 438 g/mol. The Hall–Kier alpha value is -1.41. The van der Waals surface area contributed by atoms with E-state index in [2.05, 4.69) is 23.2 Å². The van der Waals surface area contributed by atoms with Crippen molar-refractivity contribution in [2.75, 3.05) is 38.5 Å². The van der Waals surface area contributed by atoms with E-state index >= 15 is 0 Å². The van der Waals surface area contributed by atoms with Gasteiger partial charge in [-0.15, -0.1) is 6.58 Å². The summed E-state index contributed by atoms with van der Waals surface area (Å²) in [4.78, 5) is 2.29. The van der Waals surface area contributed by atoms with Crippen molar-refractivity contribution in [3.05, 3.63) is 43.0 Å². The Bertz CT molecular complexity index is 704. The normalized spacial score (nSPS) is 19.9. The number of nitrogens with one attached hydrogen (secondary N) is 1. The van der Waals surface area contributed by atoms with Crippen molar-refractivity contribution in [3.8, 4) is 0 Å². The second-order valence-corrected chi connectivity index (χ2v) is 9.99. The highest BCUT2D eigenvalue weighted by Crippen LogP contribution is 2.26. The maximum atomic E-state index is 12.6. The Labute approximate surface area is 183 Å². The van der Waals surface area contributed by atoms with E-state index < -0.39 is 10.2 Å². The molecule has 0 aromatic heterocycles. The minimum absolute atomic E-state index is 0.0265. The number of unbranched alkanes of at least 4 members (excludes halogenated alkanes) is 3. The summed E-state index contributed by atoms with van der Waals surface area (Å²) in [6.07, 6.45) is 10.5. The third-order valence-electron chi connectivity index (χ3n) is 5.79. The summed E-state index contributed by atoms with van der Waals surface area (Å²) < 4.78 is 35.5. The molecule has 2 rings (SSSR count). The van der Waals surface area contributed by atoms with E-state index in [1.54, 1.807) is 19.2 Å². The molecule has 1 aromatic carbocycles. The van der Waals surface area contributed by atoms with Gasteiger partial charge in [0.05, 0.1) is 6.10 Å². The van der Waals surface area contributed by atoms with Gasteiger partial charge in [-0.25, -0.2) is 0 Å². The van der Waals surface area contributed by atoms with Crippen LogP contribution < -0.4 is 4.72 Å². The Morgan fingerprint density at radius 3 is 2.40 bits per heavy atom. The first kappa shape index (κ1) is 24.9. The lowest BCUT2D eigenvalue weighted by atomic mass is 9.93. The van der Waals surface area contributed by atoms with Gasteiger partial charge in [0.25, 0.3) is 0 Å². The van der Waals surface area contributed by atoms with Crippen LogP contribution in [-0.2, 0) is 14.9 Å². The highest BCUT2D eigenvalue weighted by Gasteiger charge is 2.30. The predicted octanol–water partition coefficient (Wildman–Crippen LogP) is 4.28. The lowest BCUT2D eigenvalue weighted by molar-refractivity contribution is 0.0157. The Balaban J connectivity index is 1.60. The van der Waals surface area contributed by atoms with Gasteiger partial charge < -0.3 is 9.64 Å². The number of para-hydroxylation sites is 1. The van der Waals surface area contributed by atoms with Crippen LogP contribution in [0.1, 0.15) is 51.4 Å². The number of hydrogen-bond donors (Lipinski definition) is 1. The summed E-state index contributed by atoms with van der Waals surface area (Å²) in [6.45, 7) is 6.64. The fraction of sp³-hybridized carbons (Fsp3) is 0.652. The molecule has 0 radical (unpaired) electrons. The summed E-state index contributed by atoms with van der Waals surface area (Å²) >= 11 is 0. The molecule has 0 aliphatic heterocycles. The quantitative estimate of drug-likeness (QED) is 0.349. The highest BCUT2D eigenvalue weighted by molar-refractivity contribution is 7.90. The van der Waals surface area contributed by atoms with Gasteiger partial charge in [-0.1, -0.05) is 37.1 Å². The van der Waals surface area contributed by atoms with Gasteiger partial charge in [0.2, 0.25) is 0 Å². The summed E-state index contributed by atoms with van der Waals surface area (Å²) in [7, 11) is 0.260. The molecular formula is C23H39N3O3S. The first-order valence-electron chi connectivity index (χ1n) is 11.1. The number of benzene rings is 1. The van der Waals surface area contributed by atoms with E-state index in [1.807, 2.05) is 24.3 Å². The zero-order valence-corrected chi connectivity index (χ0v) is 19.4. The molecule has 0 bridgehead atoms. The van der Waals surface area contributed by atoms with Gasteiger partial charge in [-0.3, -0.25) is 4.72 Å².